The van der Waals surface area contributed by atoms with E-state index in [2.05, 4.69) is 26.2 Å². The smallest absolute Gasteiger partial charge is 0.219 e. The largest absolute Gasteiger partial charge is 0.438 e. The second-order valence-electron chi connectivity index (χ2n) is 4.14. The summed E-state index contributed by atoms with van der Waals surface area (Å²) in [4.78, 5) is 4.38. The summed E-state index contributed by atoms with van der Waals surface area (Å²) in [6, 6.07) is 9.45. The SMILES string of the molecule is CNCc1nc(Oc2ccc(C)cc2Br)ccc1Cl. The number of aryl methyl sites for hydroxylation is 1. The maximum absolute atomic E-state index is 6.06. The van der Waals surface area contributed by atoms with Crippen molar-refractivity contribution in [2.24, 2.45) is 0 Å². The van der Waals surface area contributed by atoms with Crippen LogP contribution in [0.3, 0.4) is 0 Å². The Hall–Kier alpha value is -1.10. The number of nitrogens with zero attached hydrogens (tertiary/aromatic N) is 1. The molecule has 0 bridgehead atoms. The number of benzene rings is 1. The van der Waals surface area contributed by atoms with E-state index in [1.54, 1.807) is 12.1 Å². The predicted octanol–water partition coefficient (Wildman–Crippen LogP) is 4.32. The molecule has 1 N–H and O–H groups in total. The van der Waals surface area contributed by atoms with Gasteiger partial charge in [-0.05, 0) is 53.7 Å². The van der Waals surface area contributed by atoms with Crippen molar-refractivity contribution in [3.63, 3.8) is 0 Å². The lowest BCUT2D eigenvalue weighted by atomic mass is 10.2. The standard InChI is InChI=1S/C14H14BrClN2O/c1-9-3-5-13(10(15)7-9)19-14-6-4-11(16)12(18-14)8-17-2/h3-7,17H,8H2,1-2H3. The Morgan fingerprint density at radius 1 is 1.32 bits per heavy atom. The molecule has 0 saturated heterocycles. The summed E-state index contributed by atoms with van der Waals surface area (Å²) in [5, 5.41) is 3.65. The molecule has 0 amide bonds. The molecule has 0 fully saturated rings. The second-order valence-corrected chi connectivity index (χ2v) is 5.41. The van der Waals surface area contributed by atoms with E-state index in [1.807, 2.05) is 32.2 Å². The fourth-order valence-corrected chi connectivity index (χ4v) is 2.36. The summed E-state index contributed by atoms with van der Waals surface area (Å²) >= 11 is 9.54. The molecule has 19 heavy (non-hydrogen) atoms. The third-order valence-corrected chi connectivity index (χ3v) is 3.50. The molecule has 1 heterocycles. The first kappa shape index (κ1) is 14.3. The van der Waals surface area contributed by atoms with Crippen molar-refractivity contribution >= 4 is 27.5 Å². The van der Waals surface area contributed by atoms with E-state index in [-0.39, 0.29) is 0 Å². The van der Waals surface area contributed by atoms with E-state index >= 15 is 0 Å². The highest BCUT2D eigenvalue weighted by Crippen LogP contribution is 2.30. The normalized spacial score (nSPS) is 10.5. The van der Waals surface area contributed by atoms with Crippen LogP contribution in [0.25, 0.3) is 0 Å². The molecule has 1 aromatic carbocycles. The molecule has 100 valence electrons. The molecule has 2 rings (SSSR count). The van der Waals surface area contributed by atoms with Crippen molar-refractivity contribution in [1.82, 2.24) is 10.3 Å². The van der Waals surface area contributed by atoms with Gasteiger partial charge in [0, 0.05) is 12.6 Å². The van der Waals surface area contributed by atoms with E-state index in [1.165, 1.54) is 5.56 Å². The van der Waals surface area contributed by atoms with Gasteiger partial charge in [0.25, 0.3) is 0 Å². The summed E-state index contributed by atoms with van der Waals surface area (Å²) in [5.41, 5.74) is 1.93. The molecule has 0 atom stereocenters. The lowest BCUT2D eigenvalue weighted by Gasteiger charge is -2.09. The zero-order valence-electron chi connectivity index (χ0n) is 10.7. The van der Waals surface area contributed by atoms with Gasteiger partial charge in [-0.1, -0.05) is 17.7 Å². The van der Waals surface area contributed by atoms with Gasteiger partial charge in [0.2, 0.25) is 5.88 Å². The summed E-state index contributed by atoms with van der Waals surface area (Å²) in [6.07, 6.45) is 0. The maximum atomic E-state index is 6.06. The van der Waals surface area contributed by atoms with Gasteiger partial charge in [-0.15, -0.1) is 0 Å². The highest BCUT2D eigenvalue weighted by molar-refractivity contribution is 9.10. The number of pyridine rings is 1. The van der Waals surface area contributed by atoms with Crippen LogP contribution in [0, 0.1) is 6.92 Å². The number of rotatable bonds is 4. The molecule has 1 aromatic heterocycles. The Morgan fingerprint density at radius 2 is 2.11 bits per heavy atom. The fraction of sp³-hybridized carbons (Fsp3) is 0.214. The third kappa shape index (κ3) is 3.69. The van der Waals surface area contributed by atoms with Crippen molar-refractivity contribution in [1.29, 1.82) is 0 Å². The molecule has 2 aromatic rings. The maximum Gasteiger partial charge on any atom is 0.219 e. The van der Waals surface area contributed by atoms with Crippen molar-refractivity contribution in [2.75, 3.05) is 7.05 Å². The molecule has 0 aliphatic rings. The quantitative estimate of drug-likeness (QED) is 0.899. The highest BCUT2D eigenvalue weighted by Gasteiger charge is 2.07. The lowest BCUT2D eigenvalue weighted by Crippen LogP contribution is -2.07. The van der Waals surface area contributed by atoms with Crippen LogP contribution < -0.4 is 10.1 Å². The Balaban J connectivity index is 2.25. The average molecular weight is 342 g/mol. The van der Waals surface area contributed by atoms with Crippen LogP contribution in [-0.4, -0.2) is 12.0 Å². The summed E-state index contributed by atoms with van der Waals surface area (Å²) < 4.78 is 6.66. The van der Waals surface area contributed by atoms with Crippen LogP contribution in [0.5, 0.6) is 11.6 Å². The number of nitrogens with one attached hydrogen (secondary N) is 1. The van der Waals surface area contributed by atoms with Crippen LogP contribution in [0.2, 0.25) is 5.02 Å². The Bertz CT molecular complexity index is 590. The minimum absolute atomic E-state index is 0.527. The van der Waals surface area contributed by atoms with E-state index in [0.717, 1.165) is 15.9 Å². The summed E-state index contributed by atoms with van der Waals surface area (Å²) in [5.74, 6) is 1.26. The van der Waals surface area contributed by atoms with Crippen molar-refractivity contribution in [3.8, 4) is 11.6 Å². The third-order valence-electron chi connectivity index (χ3n) is 2.54. The van der Waals surface area contributed by atoms with Crippen LogP contribution in [0.4, 0.5) is 0 Å². The van der Waals surface area contributed by atoms with E-state index in [4.69, 9.17) is 16.3 Å². The number of halogens is 2. The number of ether oxygens (including phenoxy) is 1. The minimum Gasteiger partial charge on any atom is -0.438 e. The molecule has 0 aliphatic carbocycles. The second kappa shape index (κ2) is 6.37. The molecule has 3 nitrogen and oxygen atoms in total. The van der Waals surface area contributed by atoms with Crippen molar-refractivity contribution in [2.45, 2.75) is 13.5 Å². The first-order chi connectivity index (χ1) is 9.10. The van der Waals surface area contributed by atoms with Gasteiger partial charge in [0.05, 0.1) is 15.2 Å². The fourth-order valence-electron chi connectivity index (χ4n) is 1.61. The first-order valence-corrected chi connectivity index (χ1v) is 7.01. The molecule has 0 spiro atoms. The molecule has 5 heteroatoms. The molecule has 0 aliphatic heterocycles. The average Bonchev–Trinajstić information content (AvgIpc) is 2.37. The van der Waals surface area contributed by atoms with E-state index < -0.39 is 0 Å². The van der Waals surface area contributed by atoms with Crippen LogP contribution >= 0.6 is 27.5 Å². The van der Waals surface area contributed by atoms with Crippen molar-refractivity contribution < 1.29 is 4.74 Å². The lowest BCUT2D eigenvalue weighted by molar-refractivity contribution is 0.457. The minimum atomic E-state index is 0.527. The summed E-state index contributed by atoms with van der Waals surface area (Å²) in [6.45, 7) is 2.63. The van der Waals surface area contributed by atoms with Gasteiger partial charge in [0.15, 0.2) is 0 Å². The Labute approximate surface area is 126 Å². The monoisotopic (exact) mass is 340 g/mol. The van der Waals surface area contributed by atoms with Gasteiger partial charge in [0.1, 0.15) is 5.75 Å². The zero-order valence-corrected chi connectivity index (χ0v) is 13.0. The van der Waals surface area contributed by atoms with Gasteiger partial charge >= 0.3 is 0 Å². The number of hydrogen-bond donors (Lipinski definition) is 1. The topological polar surface area (TPSA) is 34.2 Å². The Kier molecular flexibility index (Phi) is 4.80. The summed E-state index contributed by atoms with van der Waals surface area (Å²) in [7, 11) is 1.85. The Morgan fingerprint density at radius 3 is 2.79 bits per heavy atom. The predicted molar refractivity (Wildman–Crippen MR) is 81.0 cm³/mol. The molecule has 0 unspecified atom stereocenters. The molecule has 0 saturated carbocycles. The van der Waals surface area contributed by atoms with Gasteiger partial charge < -0.3 is 10.1 Å². The van der Waals surface area contributed by atoms with E-state index in [9.17, 15) is 0 Å². The number of hydrogen-bond acceptors (Lipinski definition) is 3. The van der Waals surface area contributed by atoms with Crippen molar-refractivity contribution in [3.05, 3.63) is 51.1 Å². The van der Waals surface area contributed by atoms with Crippen LogP contribution in [0.1, 0.15) is 11.3 Å². The van der Waals surface area contributed by atoms with Crippen LogP contribution in [-0.2, 0) is 6.54 Å². The first-order valence-electron chi connectivity index (χ1n) is 5.84. The molecule has 0 radical (unpaired) electrons. The van der Waals surface area contributed by atoms with Gasteiger partial charge in [-0.2, -0.15) is 0 Å². The van der Waals surface area contributed by atoms with Gasteiger partial charge in [-0.25, -0.2) is 4.98 Å². The highest BCUT2D eigenvalue weighted by atomic mass is 79.9. The zero-order chi connectivity index (χ0) is 13.8. The number of aromatic nitrogens is 1. The van der Waals surface area contributed by atoms with Gasteiger partial charge in [-0.3, -0.25) is 0 Å². The molecular weight excluding hydrogens is 328 g/mol. The van der Waals surface area contributed by atoms with Crippen LogP contribution in [0.15, 0.2) is 34.8 Å². The molecular formula is C14H14BrClN2O. The van der Waals surface area contributed by atoms with E-state index in [0.29, 0.717) is 17.4 Å².